The van der Waals surface area contributed by atoms with E-state index in [1.54, 1.807) is 49.6 Å². The molecule has 296 valence electrons. The van der Waals surface area contributed by atoms with Crippen LogP contribution in [0.15, 0.2) is 113 Å². The maximum absolute atomic E-state index is 13.3. The summed E-state index contributed by atoms with van der Waals surface area (Å²) in [6.07, 6.45) is 28.0. The Hall–Kier alpha value is -4.88. The SMILES string of the molecule is CC=C[C@H](O)C(C)(C)[C@@H]1CC=C[C@H]2O[C@H]2C=CC=Cc2nc(co2)C(=O)O[C@@H](C(C)(C)[C@@H](O)C=CC)CC=CC=CC=C[C@H](OC)Cc2nc(co2)C(=O)O1. The third kappa shape index (κ3) is 12.3. The Bertz CT molecular complexity index is 1800. The van der Waals surface area contributed by atoms with Gasteiger partial charge in [0.1, 0.15) is 36.9 Å². The van der Waals surface area contributed by atoms with Crippen molar-refractivity contribution in [2.75, 3.05) is 7.11 Å². The van der Waals surface area contributed by atoms with Gasteiger partial charge in [0, 0.05) is 36.9 Å². The summed E-state index contributed by atoms with van der Waals surface area (Å²) in [5.74, 6) is -0.828. The van der Waals surface area contributed by atoms with Gasteiger partial charge in [0.2, 0.25) is 5.89 Å². The molecule has 55 heavy (non-hydrogen) atoms. The number of aliphatic hydroxyl groups excluding tert-OH is 2. The molecule has 0 amide bonds. The van der Waals surface area contributed by atoms with Gasteiger partial charge in [-0.1, -0.05) is 119 Å². The minimum absolute atomic E-state index is 0.00780. The van der Waals surface area contributed by atoms with E-state index in [2.05, 4.69) is 9.97 Å². The number of cyclic esters (lactones) is 2. The highest BCUT2D eigenvalue weighted by atomic mass is 16.6. The monoisotopic (exact) mass is 758 g/mol. The van der Waals surface area contributed by atoms with Gasteiger partial charge in [-0.25, -0.2) is 19.6 Å². The van der Waals surface area contributed by atoms with Crippen LogP contribution in [0.25, 0.3) is 6.08 Å². The number of hydrogen-bond donors (Lipinski definition) is 2. The number of allylic oxidation sites excluding steroid dienone is 8. The van der Waals surface area contributed by atoms with Crippen molar-refractivity contribution in [3.8, 4) is 0 Å². The minimum atomic E-state index is -0.880. The lowest BCUT2D eigenvalue weighted by Gasteiger charge is -2.36. The van der Waals surface area contributed by atoms with Crippen molar-refractivity contribution < 1.29 is 47.6 Å². The van der Waals surface area contributed by atoms with Gasteiger partial charge in [0.05, 0.1) is 24.7 Å². The normalized spacial score (nSPS) is 24.8. The van der Waals surface area contributed by atoms with Crippen molar-refractivity contribution in [3.63, 3.8) is 0 Å². The summed E-state index contributed by atoms with van der Waals surface area (Å²) in [4.78, 5) is 35.2. The molecule has 7 atom stereocenters. The molecule has 0 unspecified atom stereocenters. The van der Waals surface area contributed by atoms with Gasteiger partial charge in [-0.15, -0.1) is 0 Å². The Balaban J connectivity index is 1.58. The second-order valence-electron chi connectivity index (χ2n) is 14.5. The molecular weight excluding hydrogens is 704 g/mol. The van der Waals surface area contributed by atoms with Crippen LogP contribution in [0.1, 0.15) is 87.1 Å². The van der Waals surface area contributed by atoms with Gasteiger partial charge < -0.3 is 38.0 Å². The summed E-state index contributed by atoms with van der Waals surface area (Å²) in [6.45, 7) is 11.0. The topological polar surface area (TPSA) is 167 Å². The van der Waals surface area contributed by atoms with Crippen molar-refractivity contribution in [2.24, 2.45) is 10.8 Å². The number of oxazole rings is 2. The lowest BCUT2D eigenvalue weighted by molar-refractivity contribution is -0.0461. The van der Waals surface area contributed by atoms with Crippen molar-refractivity contribution in [3.05, 3.63) is 127 Å². The molecule has 2 aliphatic heterocycles. The van der Waals surface area contributed by atoms with Gasteiger partial charge in [-0.3, -0.25) is 0 Å². The maximum Gasteiger partial charge on any atom is 0.360 e. The molecule has 0 spiro atoms. The van der Waals surface area contributed by atoms with Crippen molar-refractivity contribution in [1.29, 1.82) is 0 Å². The number of epoxide rings is 1. The summed E-state index contributed by atoms with van der Waals surface area (Å²) in [6, 6.07) is 0. The molecule has 0 radical (unpaired) electrons. The standard InChI is InChI=1S/C43H54N2O10/c1-8-18-34(46)42(3,4)36-23-14-12-10-11-13-20-29(50-7)26-39-45-31(28-52-39)41(49)55-37(43(5,6)35(47)19-9-2)24-17-22-33-32(53-33)21-15-16-25-38-44-30(27-51-38)40(48)54-36/h8-22,25,27-29,32-37,46-47H,23-24,26H2,1-7H3/t29-,32-,33+,34-,35-,36+,37-/m0/s1. The fourth-order valence-electron chi connectivity index (χ4n) is 5.68. The third-order valence-corrected chi connectivity index (χ3v) is 9.64. The number of aromatic nitrogens is 2. The zero-order valence-corrected chi connectivity index (χ0v) is 32.6. The number of aliphatic hydroxyl groups is 2. The highest BCUT2D eigenvalue weighted by molar-refractivity contribution is 5.87. The van der Waals surface area contributed by atoms with Crippen molar-refractivity contribution >= 4 is 18.0 Å². The molecule has 12 heteroatoms. The molecule has 2 aromatic heterocycles. The van der Waals surface area contributed by atoms with Gasteiger partial charge >= 0.3 is 11.9 Å². The van der Waals surface area contributed by atoms with Crippen LogP contribution in [0.5, 0.6) is 0 Å². The molecule has 0 aromatic carbocycles. The molecule has 0 saturated carbocycles. The Morgan fingerprint density at radius 3 is 1.95 bits per heavy atom. The largest absolute Gasteiger partial charge is 0.457 e. The molecule has 1 saturated heterocycles. The molecule has 4 heterocycles. The Labute approximate surface area is 323 Å². The Morgan fingerprint density at radius 2 is 1.31 bits per heavy atom. The van der Waals surface area contributed by atoms with Crippen LogP contribution in [-0.2, 0) is 25.4 Å². The average molecular weight is 759 g/mol. The molecule has 1 fully saturated rings. The number of carbonyl (C=O) groups is 2. The Morgan fingerprint density at radius 1 is 0.745 bits per heavy atom. The number of methoxy groups -OCH3 is 1. The summed E-state index contributed by atoms with van der Waals surface area (Å²) in [5.41, 5.74) is -1.66. The first kappa shape index (κ1) is 42.9. The van der Waals surface area contributed by atoms with E-state index in [1.807, 2.05) is 96.2 Å². The average Bonchev–Trinajstić information content (AvgIpc) is 3.47. The second-order valence-corrected chi connectivity index (χ2v) is 14.5. The molecule has 4 bridgehead atoms. The fraction of sp³-hybridized carbons (Fsp3) is 0.442. The predicted molar refractivity (Wildman–Crippen MR) is 208 cm³/mol. The molecular formula is C43H54N2O10. The van der Waals surface area contributed by atoms with Gasteiger partial charge in [-0.05, 0) is 13.8 Å². The zero-order valence-electron chi connectivity index (χ0n) is 32.6. The number of nitrogens with zero attached hydrogens (tertiary/aromatic N) is 2. The summed E-state index contributed by atoms with van der Waals surface area (Å²) < 4.78 is 34.3. The van der Waals surface area contributed by atoms with Crippen LogP contribution >= 0.6 is 0 Å². The number of fused-ring (bicyclic) bond motifs is 5. The smallest absolute Gasteiger partial charge is 0.360 e. The van der Waals surface area contributed by atoms with E-state index in [0.29, 0.717) is 18.7 Å². The van der Waals surface area contributed by atoms with E-state index in [0.717, 1.165) is 0 Å². The van der Waals surface area contributed by atoms with Crippen LogP contribution in [0.4, 0.5) is 0 Å². The van der Waals surface area contributed by atoms with Gasteiger partial charge in [-0.2, -0.15) is 0 Å². The number of esters is 2. The maximum atomic E-state index is 13.3. The van der Waals surface area contributed by atoms with Crippen LogP contribution < -0.4 is 0 Å². The molecule has 2 N–H and O–H groups in total. The first-order chi connectivity index (χ1) is 26.3. The lowest BCUT2D eigenvalue weighted by Crippen LogP contribution is -2.42. The molecule has 2 aliphatic rings. The number of rotatable bonds is 7. The lowest BCUT2D eigenvalue weighted by atomic mass is 9.79. The van der Waals surface area contributed by atoms with E-state index in [-0.39, 0.29) is 35.9 Å². The van der Waals surface area contributed by atoms with Gasteiger partial charge in [0.15, 0.2) is 17.3 Å². The van der Waals surface area contributed by atoms with E-state index in [4.69, 9.17) is 27.8 Å². The van der Waals surface area contributed by atoms with Crippen LogP contribution in [0, 0.1) is 10.8 Å². The number of carbonyl (C=O) groups excluding carboxylic acids is 2. The highest BCUT2D eigenvalue weighted by Gasteiger charge is 2.40. The van der Waals surface area contributed by atoms with Crippen LogP contribution in [0.3, 0.4) is 0 Å². The van der Waals surface area contributed by atoms with E-state index >= 15 is 0 Å². The van der Waals surface area contributed by atoms with Crippen molar-refractivity contribution in [2.45, 2.75) is 104 Å². The minimum Gasteiger partial charge on any atom is -0.457 e. The quantitative estimate of drug-likeness (QED) is 0.165. The summed E-state index contributed by atoms with van der Waals surface area (Å²) >= 11 is 0. The third-order valence-electron chi connectivity index (χ3n) is 9.64. The zero-order chi connectivity index (χ0) is 40.0. The number of hydrogen-bond acceptors (Lipinski definition) is 12. The number of ether oxygens (including phenoxy) is 4. The summed E-state index contributed by atoms with van der Waals surface area (Å²) in [5, 5.41) is 21.8. The first-order valence-corrected chi connectivity index (χ1v) is 18.4. The fourth-order valence-corrected chi connectivity index (χ4v) is 5.68. The van der Waals surface area contributed by atoms with Gasteiger partial charge in [0.25, 0.3) is 0 Å². The van der Waals surface area contributed by atoms with E-state index in [1.165, 1.54) is 12.5 Å². The van der Waals surface area contributed by atoms with E-state index in [9.17, 15) is 19.8 Å². The first-order valence-electron chi connectivity index (χ1n) is 18.4. The van der Waals surface area contributed by atoms with Crippen LogP contribution in [0.2, 0.25) is 0 Å². The summed E-state index contributed by atoms with van der Waals surface area (Å²) in [7, 11) is 1.56. The molecule has 12 nitrogen and oxygen atoms in total. The molecule has 0 aliphatic carbocycles. The van der Waals surface area contributed by atoms with E-state index < -0.39 is 53.3 Å². The molecule has 4 rings (SSSR count). The molecule has 2 aromatic rings. The Kier molecular flexibility index (Phi) is 15.7. The van der Waals surface area contributed by atoms with Crippen LogP contribution in [-0.4, -0.2) is 82.0 Å². The highest BCUT2D eigenvalue weighted by Crippen LogP contribution is 2.34. The van der Waals surface area contributed by atoms with Crippen molar-refractivity contribution in [1.82, 2.24) is 9.97 Å². The second kappa shape index (κ2) is 20.2. The predicted octanol–water partition coefficient (Wildman–Crippen LogP) is 7.25.